The van der Waals surface area contributed by atoms with Crippen molar-refractivity contribution in [3.8, 4) is 0 Å². The Morgan fingerprint density at radius 3 is 2.86 bits per heavy atom. The Labute approximate surface area is 86.1 Å². The van der Waals surface area contributed by atoms with Crippen molar-refractivity contribution >= 4 is 5.57 Å². The molecular weight excluding hydrogens is 170 g/mol. The van der Waals surface area contributed by atoms with Gasteiger partial charge >= 0.3 is 0 Å². The van der Waals surface area contributed by atoms with Gasteiger partial charge in [0.2, 0.25) is 0 Å². The van der Waals surface area contributed by atoms with Crippen LogP contribution in [-0.2, 0) is 13.0 Å². The Kier molecular flexibility index (Phi) is 2.42. The zero-order valence-corrected chi connectivity index (χ0v) is 9.01. The van der Waals surface area contributed by atoms with Gasteiger partial charge in [-0.2, -0.15) is 0 Å². The number of aryl methyl sites for hydroxylation is 1. The summed E-state index contributed by atoms with van der Waals surface area (Å²) in [5.74, 6) is 0. The van der Waals surface area contributed by atoms with Crippen LogP contribution in [0.25, 0.3) is 5.57 Å². The third-order valence-corrected chi connectivity index (χ3v) is 2.86. The van der Waals surface area contributed by atoms with Crippen LogP contribution in [0.2, 0.25) is 0 Å². The smallest absolute Gasteiger partial charge is 0.0240 e. The summed E-state index contributed by atoms with van der Waals surface area (Å²) < 4.78 is 0. The molecule has 1 aliphatic rings. The maximum absolute atomic E-state index is 4.14. The summed E-state index contributed by atoms with van der Waals surface area (Å²) in [6, 6.07) is 6.77. The molecule has 1 aromatic rings. The molecule has 0 aliphatic carbocycles. The van der Waals surface area contributed by atoms with Crippen LogP contribution in [0.3, 0.4) is 0 Å². The van der Waals surface area contributed by atoms with E-state index in [1.807, 2.05) is 0 Å². The first-order valence-corrected chi connectivity index (χ1v) is 5.19. The monoisotopic (exact) mass is 187 g/mol. The Morgan fingerprint density at radius 2 is 2.14 bits per heavy atom. The van der Waals surface area contributed by atoms with Crippen LogP contribution in [0, 0.1) is 0 Å². The number of hydrogen-bond donors (Lipinski definition) is 0. The van der Waals surface area contributed by atoms with E-state index in [4.69, 9.17) is 0 Å². The first kappa shape index (κ1) is 9.47. The van der Waals surface area contributed by atoms with Gasteiger partial charge in [-0.15, -0.1) is 0 Å². The van der Waals surface area contributed by atoms with E-state index >= 15 is 0 Å². The average Bonchev–Trinajstić information content (AvgIpc) is 2.17. The van der Waals surface area contributed by atoms with Gasteiger partial charge in [0.15, 0.2) is 0 Å². The lowest BCUT2D eigenvalue weighted by atomic mass is 9.94. The van der Waals surface area contributed by atoms with Crippen LogP contribution in [0.5, 0.6) is 0 Å². The first-order valence-electron chi connectivity index (χ1n) is 5.19. The van der Waals surface area contributed by atoms with Gasteiger partial charge in [0.25, 0.3) is 0 Å². The van der Waals surface area contributed by atoms with Crippen molar-refractivity contribution in [2.75, 3.05) is 13.6 Å². The maximum Gasteiger partial charge on any atom is 0.0240 e. The fourth-order valence-electron chi connectivity index (χ4n) is 2.07. The van der Waals surface area contributed by atoms with Gasteiger partial charge in [-0.1, -0.05) is 31.7 Å². The third-order valence-electron chi connectivity index (χ3n) is 2.86. The van der Waals surface area contributed by atoms with Crippen molar-refractivity contribution in [1.82, 2.24) is 4.90 Å². The first-order chi connectivity index (χ1) is 6.70. The second kappa shape index (κ2) is 3.58. The summed E-state index contributed by atoms with van der Waals surface area (Å²) in [5, 5.41) is 0. The van der Waals surface area contributed by atoms with Crippen LogP contribution in [0.4, 0.5) is 0 Å². The summed E-state index contributed by atoms with van der Waals surface area (Å²) in [5.41, 5.74) is 5.46. The lowest BCUT2D eigenvalue weighted by Crippen LogP contribution is -2.25. The lowest BCUT2D eigenvalue weighted by molar-refractivity contribution is 0.359. The fourth-order valence-corrected chi connectivity index (χ4v) is 2.07. The van der Waals surface area contributed by atoms with Crippen molar-refractivity contribution < 1.29 is 0 Å². The number of benzene rings is 1. The number of rotatable bonds is 1. The van der Waals surface area contributed by atoms with E-state index < -0.39 is 0 Å². The summed E-state index contributed by atoms with van der Waals surface area (Å²) in [6.45, 7) is 8.39. The van der Waals surface area contributed by atoms with Crippen molar-refractivity contribution in [3.05, 3.63) is 41.5 Å². The molecule has 1 aliphatic heterocycles. The zero-order chi connectivity index (χ0) is 10.1. The number of nitrogens with zero attached hydrogens (tertiary/aromatic N) is 1. The summed E-state index contributed by atoms with van der Waals surface area (Å²) in [4.78, 5) is 2.30. The molecule has 1 heteroatoms. The van der Waals surface area contributed by atoms with Crippen molar-refractivity contribution in [2.24, 2.45) is 0 Å². The van der Waals surface area contributed by atoms with Crippen molar-refractivity contribution in [1.29, 1.82) is 0 Å². The molecule has 0 fully saturated rings. The van der Waals surface area contributed by atoms with Crippen LogP contribution in [0.1, 0.15) is 23.6 Å². The molecule has 0 saturated heterocycles. The van der Waals surface area contributed by atoms with Gasteiger partial charge in [-0.25, -0.2) is 0 Å². The van der Waals surface area contributed by atoms with Gasteiger partial charge in [0.1, 0.15) is 0 Å². The minimum Gasteiger partial charge on any atom is -0.298 e. The highest BCUT2D eigenvalue weighted by Gasteiger charge is 2.15. The van der Waals surface area contributed by atoms with E-state index in [1.54, 1.807) is 0 Å². The Morgan fingerprint density at radius 1 is 1.36 bits per heavy atom. The highest BCUT2D eigenvalue weighted by molar-refractivity contribution is 5.69. The molecule has 0 aromatic heterocycles. The zero-order valence-electron chi connectivity index (χ0n) is 9.01. The van der Waals surface area contributed by atoms with Gasteiger partial charge < -0.3 is 0 Å². The highest BCUT2D eigenvalue weighted by atomic mass is 15.1. The van der Waals surface area contributed by atoms with Crippen LogP contribution < -0.4 is 0 Å². The number of fused-ring (bicyclic) bond motifs is 1. The fraction of sp³-hybridized carbons (Fsp3) is 0.385. The molecule has 0 amide bonds. The van der Waals surface area contributed by atoms with Crippen LogP contribution in [0.15, 0.2) is 24.8 Å². The molecule has 0 radical (unpaired) electrons. The molecule has 1 nitrogen and oxygen atoms in total. The number of likely N-dealkylation sites (N-methyl/N-ethyl adjacent to an activating group) is 1. The summed E-state index contributed by atoms with van der Waals surface area (Å²) >= 11 is 0. The molecular formula is C13H17N. The van der Waals surface area contributed by atoms with Gasteiger partial charge in [-0.3, -0.25) is 4.90 Å². The third kappa shape index (κ3) is 1.60. The van der Waals surface area contributed by atoms with Crippen molar-refractivity contribution in [2.45, 2.75) is 19.9 Å². The van der Waals surface area contributed by atoms with Crippen molar-refractivity contribution in [3.63, 3.8) is 0 Å². The summed E-state index contributed by atoms with van der Waals surface area (Å²) in [6.07, 6.45) is 1.11. The predicted molar refractivity (Wildman–Crippen MR) is 61.2 cm³/mol. The lowest BCUT2D eigenvalue weighted by Gasteiger charge is -2.27. The molecule has 0 saturated carbocycles. The Hall–Kier alpha value is -1.08. The van der Waals surface area contributed by atoms with Crippen LogP contribution >= 0.6 is 0 Å². The Balaban J connectivity index is 2.44. The minimum absolute atomic E-state index is 1.00. The summed E-state index contributed by atoms with van der Waals surface area (Å²) in [7, 11) is 2.14. The predicted octanol–water partition coefficient (Wildman–Crippen LogP) is 2.71. The van der Waals surface area contributed by atoms with E-state index in [0.29, 0.717) is 0 Å². The molecule has 0 bridgehead atoms. The largest absolute Gasteiger partial charge is 0.298 e. The molecule has 14 heavy (non-hydrogen) atoms. The molecule has 0 atom stereocenters. The Bertz CT molecular complexity index is 365. The molecule has 1 heterocycles. The van der Waals surface area contributed by atoms with E-state index in [-0.39, 0.29) is 0 Å². The number of hydrogen-bond acceptors (Lipinski definition) is 1. The van der Waals surface area contributed by atoms with Crippen LogP contribution in [-0.4, -0.2) is 18.5 Å². The molecule has 0 unspecified atom stereocenters. The standard InChI is InChI=1S/C13H17N/c1-4-11-5-6-12-9-14(3)8-10(2)13(12)7-11/h5-7H,2,4,8-9H2,1,3H3. The van der Waals surface area contributed by atoms with Gasteiger partial charge in [0, 0.05) is 13.1 Å². The SMILES string of the molecule is C=C1CN(C)Cc2ccc(CC)cc21. The van der Waals surface area contributed by atoms with E-state index in [9.17, 15) is 0 Å². The van der Waals surface area contributed by atoms with Gasteiger partial charge in [-0.05, 0) is 35.7 Å². The van der Waals surface area contributed by atoms with Gasteiger partial charge in [0.05, 0.1) is 0 Å². The molecule has 0 spiro atoms. The van der Waals surface area contributed by atoms with E-state index in [0.717, 1.165) is 19.5 Å². The normalized spacial score (nSPS) is 16.9. The highest BCUT2D eigenvalue weighted by Crippen LogP contribution is 2.26. The molecule has 2 rings (SSSR count). The van der Waals surface area contributed by atoms with E-state index in [2.05, 4.69) is 43.6 Å². The maximum atomic E-state index is 4.14. The second-order valence-electron chi connectivity index (χ2n) is 4.12. The molecule has 0 N–H and O–H groups in total. The average molecular weight is 187 g/mol. The minimum atomic E-state index is 1.00. The molecule has 1 aromatic carbocycles. The molecule has 74 valence electrons. The van der Waals surface area contributed by atoms with E-state index in [1.165, 1.54) is 22.3 Å². The topological polar surface area (TPSA) is 3.24 Å². The second-order valence-corrected chi connectivity index (χ2v) is 4.12. The quantitative estimate of drug-likeness (QED) is 0.653.